The van der Waals surface area contributed by atoms with E-state index < -0.39 is 0 Å². The normalized spacial score (nSPS) is 23.6. The summed E-state index contributed by atoms with van der Waals surface area (Å²) in [5, 5.41) is 4.48. The Balaban J connectivity index is 1.84. The Morgan fingerprint density at radius 1 is 1.29 bits per heavy atom. The molecule has 94 valence electrons. The lowest BCUT2D eigenvalue weighted by Crippen LogP contribution is -2.36. The second-order valence-corrected chi connectivity index (χ2v) is 6.40. The fourth-order valence-corrected chi connectivity index (χ4v) is 2.86. The maximum atomic E-state index is 5.88. The van der Waals surface area contributed by atoms with Crippen LogP contribution in [0.2, 0.25) is 5.02 Å². The van der Waals surface area contributed by atoms with E-state index in [0.717, 1.165) is 11.6 Å². The van der Waals surface area contributed by atoms with Gasteiger partial charge in [0.05, 0.1) is 0 Å². The zero-order valence-electron chi connectivity index (χ0n) is 10.8. The van der Waals surface area contributed by atoms with Gasteiger partial charge >= 0.3 is 0 Å². The Morgan fingerprint density at radius 2 is 2.00 bits per heavy atom. The first-order valence-electron chi connectivity index (χ1n) is 6.53. The third-order valence-corrected chi connectivity index (χ3v) is 3.97. The molecule has 0 heterocycles. The lowest BCUT2D eigenvalue weighted by atomic mass is 9.75. The summed E-state index contributed by atoms with van der Waals surface area (Å²) >= 11 is 5.88. The monoisotopic (exact) mass is 251 g/mol. The molecule has 1 aliphatic rings. The third kappa shape index (κ3) is 4.01. The molecule has 17 heavy (non-hydrogen) atoms. The lowest BCUT2D eigenvalue weighted by Gasteiger charge is -2.35. The van der Waals surface area contributed by atoms with Crippen molar-refractivity contribution in [2.75, 3.05) is 0 Å². The molecule has 1 saturated carbocycles. The summed E-state index contributed by atoms with van der Waals surface area (Å²) in [7, 11) is 0. The van der Waals surface area contributed by atoms with Gasteiger partial charge in [0, 0.05) is 17.6 Å². The molecule has 2 heteroatoms. The van der Waals surface area contributed by atoms with Crippen molar-refractivity contribution in [1.82, 2.24) is 5.32 Å². The van der Waals surface area contributed by atoms with Crippen LogP contribution in [-0.4, -0.2) is 6.04 Å². The zero-order chi connectivity index (χ0) is 12.3. The Hall–Kier alpha value is -0.530. The van der Waals surface area contributed by atoms with Crippen LogP contribution in [0.1, 0.15) is 45.1 Å². The van der Waals surface area contributed by atoms with Crippen LogP contribution in [0, 0.1) is 5.41 Å². The summed E-state index contributed by atoms with van der Waals surface area (Å²) in [6, 6.07) is 8.80. The van der Waals surface area contributed by atoms with Crippen molar-refractivity contribution in [3.63, 3.8) is 0 Å². The van der Waals surface area contributed by atoms with Crippen LogP contribution in [0.3, 0.4) is 0 Å². The van der Waals surface area contributed by atoms with Crippen molar-refractivity contribution in [2.24, 2.45) is 5.41 Å². The largest absolute Gasteiger partial charge is 0.310 e. The van der Waals surface area contributed by atoms with Gasteiger partial charge in [0.2, 0.25) is 0 Å². The first-order valence-corrected chi connectivity index (χ1v) is 6.91. The first-order chi connectivity index (χ1) is 8.05. The summed E-state index contributed by atoms with van der Waals surface area (Å²) in [6.45, 7) is 5.71. The van der Waals surface area contributed by atoms with Gasteiger partial charge < -0.3 is 5.32 Å². The van der Waals surface area contributed by atoms with Gasteiger partial charge in [-0.2, -0.15) is 0 Å². The highest BCUT2D eigenvalue weighted by atomic mass is 35.5. The fraction of sp³-hybridized carbons (Fsp3) is 0.600. The third-order valence-electron chi connectivity index (χ3n) is 3.71. The van der Waals surface area contributed by atoms with Crippen molar-refractivity contribution in [3.05, 3.63) is 34.9 Å². The molecule has 1 aromatic rings. The van der Waals surface area contributed by atoms with Gasteiger partial charge in [-0.15, -0.1) is 0 Å². The van der Waals surface area contributed by atoms with Crippen LogP contribution in [0.15, 0.2) is 24.3 Å². The minimum atomic E-state index is 0.510. The highest BCUT2D eigenvalue weighted by molar-refractivity contribution is 6.30. The SMILES string of the molecule is CC1(C)CCCC(NCc2ccc(Cl)cc2)C1. The maximum Gasteiger partial charge on any atom is 0.0406 e. The summed E-state index contributed by atoms with van der Waals surface area (Å²) in [5.41, 5.74) is 1.83. The molecule has 1 unspecified atom stereocenters. The molecule has 0 aliphatic heterocycles. The van der Waals surface area contributed by atoms with Crippen molar-refractivity contribution < 1.29 is 0 Å². The summed E-state index contributed by atoms with van der Waals surface area (Å²) in [4.78, 5) is 0. The molecular weight excluding hydrogens is 230 g/mol. The highest BCUT2D eigenvalue weighted by Gasteiger charge is 2.27. The Kier molecular flexibility index (Phi) is 4.11. The number of nitrogens with one attached hydrogen (secondary N) is 1. The number of hydrogen-bond acceptors (Lipinski definition) is 1. The van der Waals surface area contributed by atoms with E-state index >= 15 is 0 Å². The average Bonchev–Trinajstić information content (AvgIpc) is 2.27. The van der Waals surface area contributed by atoms with E-state index in [0.29, 0.717) is 11.5 Å². The van der Waals surface area contributed by atoms with E-state index in [-0.39, 0.29) is 0 Å². The van der Waals surface area contributed by atoms with Crippen molar-refractivity contribution in [2.45, 2.75) is 52.1 Å². The molecule has 2 rings (SSSR count). The van der Waals surface area contributed by atoms with Crippen molar-refractivity contribution >= 4 is 11.6 Å². The van der Waals surface area contributed by atoms with Crippen LogP contribution in [0.4, 0.5) is 0 Å². The highest BCUT2D eigenvalue weighted by Crippen LogP contribution is 2.35. The van der Waals surface area contributed by atoms with Gasteiger partial charge in [-0.1, -0.05) is 44.0 Å². The number of hydrogen-bond donors (Lipinski definition) is 1. The molecule has 0 spiro atoms. The lowest BCUT2D eigenvalue weighted by molar-refractivity contribution is 0.198. The molecule has 0 amide bonds. The molecule has 1 atom stereocenters. The first kappa shape index (κ1) is 12.9. The molecule has 1 aromatic carbocycles. The molecular formula is C15H22ClN. The van der Waals surface area contributed by atoms with Crippen LogP contribution >= 0.6 is 11.6 Å². The summed E-state index contributed by atoms with van der Waals surface area (Å²) in [6.07, 6.45) is 5.33. The molecule has 0 radical (unpaired) electrons. The Bertz CT molecular complexity index is 356. The molecule has 1 aliphatic carbocycles. The van der Waals surface area contributed by atoms with Gasteiger partial charge in [-0.25, -0.2) is 0 Å². The molecule has 1 nitrogen and oxygen atoms in total. The van der Waals surface area contributed by atoms with Crippen molar-refractivity contribution in [3.8, 4) is 0 Å². The van der Waals surface area contributed by atoms with Crippen molar-refractivity contribution in [1.29, 1.82) is 0 Å². The van der Waals surface area contributed by atoms with Gasteiger partial charge in [0.25, 0.3) is 0 Å². The summed E-state index contributed by atoms with van der Waals surface area (Å²) in [5.74, 6) is 0. The van der Waals surface area contributed by atoms with E-state index in [9.17, 15) is 0 Å². The van der Waals surface area contributed by atoms with E-state index in [4.69, 9.17) is 11.6 Å². The van der Waals surface area contributed by atoms with Crippen LogP contribution in [0.25, 0.3) is 0 Å². The molecule has 0 bridgehead atoms. The van der Waals surface area contributed by atoms with Gasteiger partial charge in [0.1, 0.15) is 0 Å². The zero-order valence-corrected chi connectivity index (χ0v) is 11.6. The van der Waals surface area contributed by atoms with Gasteiger partial charge in [-0.3, -0.25) is 0 Å². The van der Waals surface area contributed by atoms with E-state index in [1.54, 1.807) is 0 Å². The quantitative estimate of drug-likeness (QED) is 0.840. The minimum Gasteiger partial charge on any atom is -0.310 e. The van der Waals surface area contributed by atoms with Crippen LogP contribution < -0.4 is 5.32 Å². The minimum absolute atomic E-state index is 0.510. The predicted molar refractivity (Wildman–Crippen MR) is 74.3 cm³/mol. The number of benzene rings is 1. The van der Waals surface area contributed by atoms with Crippen LogP contribution in [-0.2, 0) is 6.54 Å². The molecule has 1 fully saturated rings. The number of rotatable bonds is 3. The van der Waals surface area contributed by atoms with E-state index in [1.807, 2.05) is 12.1 Å². The molecule has 0 saturated heterocycles. The van der Waals surface area contributed by atoms with E-state index in [2.05, 4.69) is 31.3 Å². The van der Waals surface area contributed by atoms with Gasteiger partial charge in [0.15, 0.2) is 0 Å². The maximum absolute atomic E-state index is 5.88. The average molecular weight is 252 g/mol. The van der Waals surface area contributed by atoms with E-state index in [1.165, 1.54) is 31.2 Å². The predicted octanol–water partition coefficient (Wildman–Crippen LogP) is 4.40. The molecule has 1 N–H and O–H groups in total. The van der Waals surface area contributed by atoms with Gasteiger partial charge in [-0.05, 0) is 42.4 Å². The second-order valence-electron chi connectivity index (χ2n) is 5.96. The van der Waals surface area contributed by atoms with Crippen LogP contribution in [0.5, 0.6) is 0 Å². The smallest absolute Gasteiger partial charge is 0.0406 e. The Labute approximate surface area is 110 Å². The Morgan fingerprint density at radius 3 is 2.65 bits per heavy atom. The standard InChI is InChI=1S/C15H22ClN/c1-15(2)9-3-4-14(10-15)17-11-12-5-7-13(16)8-6-12/h5-8,14,17H,3-4,9-11H2,1-2H3. The second kappa shape index (κ2) is 5.41. The molecule has 0 aromatic heterocycles. The summed E-state index contributed by atoms with van der Waals surface area (Å²) < 4.78 is 0. The topological polar surface area (TPSA) is 12.0 Å². The fourth-order valence-electron chi connectivity index (χ4n) is 2.74. The number of halogens is 1.